The minimum atomic E-state index is -2.66. The molecule has 3 nitrogen and oxygen atoms in total. The van der Waals surface area contributed by atoms with Gasteiger partial charge in [-0.3, -0.25) is 4.79 Å². The molecular weight excluding hydrogens is 399 g/mol. The molecule has 0 unspecified atom stereocenters. The van der Waals surface area contributed by atoms with E-state index in [-0.39, 0.29) is 17.7 Å². The lowest BCUT2D eigenvalue weighted by Gasteiger charge is -2.08. The predicted octanol–water partition coefficient (Wildman–Crippen LogP) is 3.10. The third kappa shape index (κ3) is 3.34. The number of carbonyl (C=O) groups excluding carboxylic acids is 1. The quantitative estimate of drug-likeness (QED) is 0.440. The topological polar surface area (TPSA) is 39.2 Å². The van der Waals surface area contributed by atoms with E-state index in [1.54, 1.807) is 0 Å². The summed E-state index contributed by atoms with van der Waals surface area (Å²) in [5, 5.41) is 0. The lowest BCUT2D eigenvalue weighted by atomic mass is 10.1. The third-order valence-electron chi connectivity index (χ3n) is 1.82. The standard InChI is InChI=1S/C9H7BrF2INO2/c1-16-7(15)3-6-4(9(11)12)2-5(13)8(10)14-6/h2,9H,3H2,1H3. The van der Waals surface area contributed by atoms with Crippen LogP contribution in [0.25, 0.3) is 0 Å². The summed E-state index contributed by atoms with van der Waals surface area (Å²) in [6.45, 7) is 0. The highest BCUT2D eigenvalue weighted by Crippen LogP contribution is 2.27. The van der Waals surface area contributed by atoms with Crippen LogP contribution in [0.3, 0.4) is 0 Å². The van der Waals surface area contributed by atoms with Crippen LogP contribution in [0.1, 0.15) is 17.7 Å². The first-order valence-electron chi connectivity index (χ1n) is 4.15. The number of carbonyl (C=O) groups is 1. The van der Waals surface area contributed by atoms with Gasteiger partial charge < -0.3 is 4.74 Å². The second kappa shape index (κ2) is 5.85. The first-order valence-corrected chi connectivity index (χ1v) is 6.02. The second-order valence-electron chi connectivity index (χ2n) is 2.85. The van der Waals surface area contributed by atoms with Gasteiger partial charge in [-0.25, -0.2) is 13.8 Å². The smallest absolute Gasteiger partial charge is 0.311 e. The van der Waals surface area contributed by atoms with E-state index in [0.29, 0.717) is 8.17 Å². The molecule has 0 amide bonds. The number of ether oxygens (including phenoxy) is 1. The van der Waals surface area contributed by atoms with Crippen LogP contribution in [-0.4, -0.2) is 18.1 Å². The van der Waals surface area contributed by atoms with Gasteiger partial charge in [0.2, 0.25) is 0 Å². The average Bonchev–Trinajstić information content (AvgIpc) is 2.22. The molecule has 0 N–H and O–H groups in total. The van der Waals surface area contributed by atoms with Crippen LogP contribution in [0.15, 0.2) is 10.7 Å². The molecule has 1 heterocycles. The summed E-state index contributed by atoms with van der Waals surface area (Å²) in [5.74, 6) is -0.595. The first-order chi connectivity index (χ1) is 7.45. The fraction of sp³-hybridized carbons (Fsp3) is 0.333. The third-order valence-corrected chi connectivity index (χ3v) is 3.99. The van der Waals surface area contributed by atoms with Crippen LogP contribution >= 0.6 is 38.5 Å². The highest BCUT2D eigenvalue weighted by molar-refractivity contribution is 14.1. The molecule has 0 aromatic carbocycles. The van der Waals surface area contributed by atoms with Crippen LogP contribution in [0.2, 0.25) is 0 Å². The fourth-order valence-electron chi connectivity index (χ4n) is 1.06. The van der Waals surface area contributed by atoms with Crippen LogP contribution in [0.4, 0.5) is 8.78 Å². The SMILES string of the molecule is COC(=O)Cc1nc(Br)c(I)cc1C(F)F. The summed E-state index contributed by atoms with van der Waals surface area (Å²) in [6.07, 6.45) is -2.92. The van der Waals surface area contributed by atoms with E-state index >= 15 is 0 Å². The molecule has 0 atom stereocenters. The molecule has 0 saturated carbocycles. The Hall–Kier alpha value is -0.310. The predicted molar refractivity (Wildman–Crippen MR) is 65.3 cm³/mol. The number of aromatic nitrogens is 1. The molecular formula is C9H7BrF2INO2. The van der Waals surface area contributed by atoms with Crippen molar-refractivity contribution < 1.29 is 18.3 Å². The maximum absolute atomic E-state index is 12.7. The van der Waals surface area contributed by atoms with Crippen LogP contribution < -0.4 is 0 Å². The zero-order chi connectivity index (χ0) is 12.3. The largest absolute Gasteiger partial charge is 0.469 e. The molecule has 88 valence electrons. The van der Waals surface area contributed by atoms with Gasteiger partial charge in [-0.2, -0.15) is 0 Å². The Morgan fingerprint density at radius 2 is 2.31 bits per heavy atom. The lowest BCUT2D eigenvalue weighted by molar-refractivity contribution is -0.139. The van der Waals surface area contributed by atoms with Gasteiger partial charge in [0.15, 0.2) is 0 Å². The monoisotopic (exact) mass is 405 g/mol. The maximum atomic E-state index is 12.7. The van der Waals surface area contributed by atoms with E-state index in [9.17, 15) is 13.6 Å². The molecule has 0 aliphatic heterocycles. The fourth-order valence-corrected chi connectivity index (χ4v) is 1.84. The number of hydrogen-bond acceptors (Lipinski definition) is 3. The van der Waals surface area contributed by atoms with Crippen molar-refractivity contribution in [3.8, 4) is 0 Å². The molecule has 1 aromatic heterocycles. The Kier molecular flexibility index (Phi) is 5.03. The second-order valence-corrected chi connectivity index (χ2v) is 4.76. The Balaban J connectivity index is 3.14. The van der Waals surface area contributed by atoms with E-state index in [1.165, 1.54) is 13.2 Å². The number of hydrogen-bond donors (Lipinski definition) is 0. The van der Waals surface area contributed by atoms with Gasteiger partial charge in [0.25, 0.3) is 6.43 Å². The molecule has 0 aliphatic carbocycles. The number of methoxy groups -OCH3 is 1. The molecule has 16 heavy (non-hydrogen) atoms. The average molecular weight is 406 g/mol. The number of rotatable bonds is 3. The number of alkyl halides is 2. The van der Waals surface area contributed by atoms with E-state index in [2.05, 4.69) is 25.7 Å². The maximum Gasteiger partial charge on any atom is 0.311 e. The lowest BCUT2D eigenvalue weighted by Crippen LogP contribution is -2.10. The van der Waals surface area contributed by atoms with E-state index < -0.39 is 12.4 Å². The Labute approximate surface area is 113 Å². The molecule has 0 radical (unpaired) electrons. The van der Waals surface area contributed by atoms with Crippen LogP contribution in [0.5, 0.6) is 0 Å². The Morgan fingerprint density at radius 3 is 2.81 bits per heavy atom. The van der Waals surface area contributed by atoms with E-state index in [0.717, 1.165) is 0 Å². The summed E-state index contributed by atoms with van der Waals surface area (Å²) in [4.78, 5) is 14.9. The van der Waals surface area contributed by atoms with Gasteiger partial charge in [-0.05, 0) is 44.6 Å². The van der Waals surface area contributed by atoms with Crippen LogP contribution in [0, 0.1) is 3.57 Å². The minimum Gasteiger partial charge on any atom is -0.469 e. The molecule has 0 saturated heterocycles. The van der Waals surface area contributed by atoms with Crippen LogP contribution in [-0.2, 0) is 16.0 Å². The van der Waals surface area contributed by atoms with Gasteiger partial charge >= 0.3 is 5.97 Å². The number of halogens is 4. The Bertz CT molecular complexity index is 415. The molecule has 1 aromatic rings. The zero-order valence-corrected chi connectivity index (χ0v) is 11.9. The molecule has 0 bridgehead atoms. The molecule has 7 heteroatoms. The van der Waals surface area contributed by atoms with Crippen molar-refractivity contribution in [2.24, 2.45) is 0 Å². The number of esters is 1. The molecule has 0 aliphatic rings. The summed E-state index contributed by atoms with van der Waals surface area (Å²) in [6, 6.07) is 1.31. The van der Waals surface area contributed by atoms with Gasteiger partial charge in [-0.1, -0.05) is 0 Å². The van der Waals surface area contributed by atoms with Crippen molar-refractivity contribution in [1.29, 1.82) is 0 Å². The molecule has 0 fully saturated rings. The summed E-state index contributed by atoms with van der Waals surface area (Å²) in [7, 11) is 1.20. The highest BCUT2D eigenvalue weighted by Gasteiger charge is 2.19. The van der Waals surface area contributed by atoms with Gasteiger partial charge in [0, 0.05) is 9.13 Å². The first kappa shape index (κ1) is 13.8. The van der Waals surface area contributed by atoms with Crippen molar-refractivity contribution in [2.75, 3.05) is 7.11 Å². The van der Waals surface area contributed by atoms with E-state index in [1.807, 2.05) is 22.6 Å². The van der Waals surface area contributed by atoms with Gasteiger partial charge in [0.1, 0.15) is 4.60 Å². The minimum absolute atomic E-state index is 0.0362. The van der Waals surface area contributed by atoms with E-state index in [4.69, 9.17) is 0 Å². The summed E-state index contributed by atoms with van der Waals surface area (Å²) < 4.78 is 30.8. The normalized spacial score (nSPS) is 10.6. The number of nitrogens with zero attached hydrogens (tertiary/aromatic N) is 1. The van der Waals surface area contributed by atoms with Gasteiger partial charge in [0.05, 0.1) is 19.2 Å². The molecule has 1 rings (SSSR count). The van der Waals surface area contributed by atoms with Gasteiger partial charge in [-0.15, -0.1) is 0 Å². The molecule has 0 spiro atoms. The summed E-state index contributed by atoms with van der Waals surface area (Å²) >= 11 is 5.01. The van der Waals surface area contributed by atoms with Crippen molar-refractivity contribution >= 4 is 44.5 Å². The van der Waals surface area contributed by atoms with Crippen molar-refractivity contribution in [3.05, 3.63) is 25.5 Å². The number of pyridine rings is 1. The zero-order valence-electron chi connectivity index (χ0n) is 8.14. The van der Waals surface area contributed by atoms with Crippen molar-refractivity contribution in [1.82, 2.24) is 4.98 Å². The van der Waals surface area contributed by atoms with Crippen molar-refractivity contribution in [3.63, 3.8) is 0 Å². The Morgan fingerprint density at radius 1 is 1.69 bits per heavy atom. The highest BCUT2D eigenvalue weighted by atomic mass is 127. The van der Waals surface area contributed by atoms with Crippen molar-refractivity contribution in [2.45, 2.75) is 12.8 Å². The summed E-state index contributed by atoms with van der Waals surface area (Å²) in [5.41, 5.74) is -0.202.